The first kappa shape index (κ1) is 19.1. The lowest BCUT2D eigenvalue weighted by atomic mass is 9.74. The number of guanidine groups is 1. The first-order valence-electron chi connectivity index (χ1n) is 8.75. The Morgan fingerprint density at radius 1 is 1.25 bits per heavy atom. The standard InChI is InChI=1S/C19H30ClN3O/c1-5-21-17(23-18(2,3)4)22-14-19(10-12-24-13-11-19)15-8-6-7-9-16(15)20/h6-9H,5,10-14H2,1-4H3,(H2,21,22,23). The van der Waals surface area contributed by atoms with E-state index in [0.29, 0.717) is 6.54 Å². The molecule has 2 rings (SSSR count). The first-order valence-corrected chi connectivity index (χ1v) is 9.13. The molecule has 0 spiro atoms. The van der Waals surface area contributed by atoms with E-state index in [0.717, 1.165) is 43.6 Å². The van der Waals surface area contributed by atoms with Gasteiger partial charge in [-0.2, -0.15) is 0 Å². The van der Waals surface area contributed by atoms with Crippen LogP contribution in [-0.4, -0.2) is 37.8 Å². The lowest BCUT2D eigenvalue weighted by Gasteiger charge is -2.37. The van der Waals surface area contributed by atoms with Gasteiger partial charge in [0.15, 0.2) is 5.96 Å². The number of aliphatic imine (C=N–C) groups is 1. The summed E-state index contributed by atoms with van der Waals surface area (Å²) >= 11 is 6.51. The average molecular weight is 352 g/mol. The van der Waals surface area contributed by atoms with Crippen molar-refractivity contribution in [3.8, 4) is 0 Å². The van der Waals surface area contributed by atoms with Crippen LogP contribution >= 0.6 is 11.6 Å². The van der Waals surface area contributed by atoms with Crippen molar-refractivity contribution >= 4 is 17.6 Å². The lowest BCUT2D eigenvalue weighted by molar-refractivity contribution is 0.0531. The molecule has 1 aromatic rings. The molecule has 0 unspecified atom stereocenters. The first-order chi connectivity index (χ1) is 11.4. The van der Waals surface area contributed by atoms with E-state index in [2.05, 4.69) is 50.5 Å². The molecule has 24 heavy (non-hydrogen) atoms. The maximum absolute atomic E-state index is 6.51. The zero-order valence-electron chi connectivity index (χ0n) is 15.3. The second-order valence-electron chi connectivity index (χ2n) is 7.44. The Hall–Kier alpha value is -1.26. The number of nitrogens with zero attached hydrogens (tertiary/aromatic N) is 1. The van der Waals surface area contributed by atoms with Crippen LogP contribution in [0.25, 0.3) is 0 Å². The normalized spacial score (nSPS) is 18.3. The summed E-state index contributed by atoms with van der Waals surface area (Å²) < 4.78 is 5.60. The fourth-order valence-corrected chi connectivity index (χ4v) is 3.39. The van der Waals surface area contributed by atoms with Gasteiger partial charge in [0.2, 0.25) is 0 Å². The summed E-state index contributed by atoms with van der Waals surface area (Å²) in [6, 6.07) is 8.14. The molecular weight excluding hydrogens is 322 g/mol. The lowest BCUT2D eigenvalue weighted by Crippen LogP contribution is -2.48. The number of nitrogens with one attached hydrogen (secondary N) is 2. The fraction of sp³-hybridized carbons (Fsp3) is 0.632. The van der Waals surface area contributed by atoms with E-state index < -0.39 is 0 Å². The van der Waals surface area contributed by atoms with Gasteiger partial charge in [0.1, 0.15) is 0 Å². The predicted molar refractivity (Wildman–Crippen MR) is 102 cm³/mol. The summed E-state index contributed by atoms with van der Waals surface area (Å²) in [6.45, 7) is 11.5. The molecule has 0 bridgehead atoms. The van der Waals surface area contributed by atoms with Crippen molar-refractivity contribution < 1.29 is 4.74 Å². The van der Waals surface area contributed by atoms with Crippen LogP contribution in [0.3, 0.4) is 0 Å². The van der Waals surface area contributed by atoms with Crippen LogP contribution in [0.1, 0.15) is 46.1 Å². The van der Waals surface area contributed by atoms with Gasteiger partial charge < -0.3 is 15.4 Å². The SMILES string of the molecule is CCNC(=NCC1(c2ccccc2Cl)CCOCC1)NC(C)(C)C. The van der Waals surface area contributed by atoms with Gasteiger partial charge in [-0.1, -0.05) is 29.8 Å². The monoisotopic (exact) mass is 351 g/mol. The van der Waals surface area contributed by atoms with Crippen molar-refractivity contribution in [1.29, 1.82) is 0 Å². The Morgan fingerprint density at radius 2 is 1.92 bits per heavy atom. The summed E-state index contributed by atoms with van der Waals surface area (Å²) in [5.74, 6) is 0.850. The molecule has 2 N–H and O–H groups in total. The summed E-state index contributed by atoms with van der Waals surface area (Å²) in [7, 11) is 0. The molecule has 0 atom stereocenters. The van der Waals surface area contributed by atoms with Crippen LogP contribution in [0.15, 0.2) is 29.3 Å². The third kappa shape index (κ3) is 5.12. The number of hydrogen-bond acceptors (Lipinski definition) is 2. The topological polar surface area (TPSA) is 45.7 Å². The van der Waals surface area contributed by atoms with Crippen molar-refractivity contribution in [1.82, 2.24) is 10.6 Å². The van der Waals surface area contributed by atoms with Crippen LogP contribution in [0, 0.1) is 0 Å². The zero-order chi connectivity index (χ0) is 17.6. The summed E-state index contributed by atoms with van der Waals surface area (Å²) in [5, 5.41) is 7.61. The minimum Gasteiger partial charge on any atom is -0.381 e. The molecule has 1 aliphatic rings. The highest BCUT2D eigenvalue weighted by atomic mass is 35.5. The number of benzene rings is 1. The van der Waals surface area contributed by atoms with Crippen molar-refractivity contribution in [2.24, 2.45) is 4.99 Å². The largest absolute Gasteiger partial charge is 0.381 e. The van der Waals surface area contributed by atoms with Gasteiger partial charge in [0.05, 0.1) is 6.54 Å². The van der Waals surface area contributed by atoms with E-state index in [1.807, 2.05) is 12.1 Å². The third-order valence-corrected chi connectivity index (χ3v) is 4.60. The highest BCUT2D eigenvalue weighted by Gasteiger charge is 2.36. The molecule has 5 heteroatoms. The van der Waals surface area contributed by atoms with Crippen molar-refractivity contribution in [2.75, 3.05) is 26.3 Å². The summed E-state index contributed by atoms with van der Waals surface area (Å²) in [5.41, 5.74) is 1.09. The van der Waals surface area contributed by atoms with Crippen molar-refractivity contribution in [3.63, 3.8) is 0 Å². The van der Waals surface area contributed by atoms with E-state index >= 15 is 0 Å². The molecule has 1 fully saturated rings. The van der Waals surface area contributed by atoms with E-state index in [9.17, 15) is 0 Å². The third-order valence-electron chi connectivity index (χ3n) is 4.27. The number of halogens is 1. The molecular formula is C19H30ClN3O. The van der Waals surface area contributed by atoms with Crippen molar-refractivity contribution in [3.05, 3.63) is 34.9 Å². The second kappa shape index (κ2) is 8.21. The average Bonchev–Trinajstić information content (AvgIpc) is 2.53. The second-order valence-corrected chi connectivity index (χ2v) is 7.85. The van der Waals surface area contributed by atoms with Gasteiger partial charge in [-0.25, -0.2) is 0 Å². The molecule has 0 saturated carbocycles. The number of hydrogen-bond donors (Lipinski definition) is 2. The predicted octanol–water partition coefficient (Wildman–Crippen LogP) is 3.74. The Labute approximate surface area is 151 Å². The van der Waals surface area contributed by atoms with E-state index in [1.54, 1.807) is 0 Å². The molecule has 1 heterocycles. The van der Waals surface area contributed by atoms with E-state index in [-0.39, 0.29) is 11.0 Å². The number of rotatable bonds is 4. The van der Waals surface area contributed by atoms with Crippen LogP contribution < -0.4 is 10.6 Å². The molecule has 0 aliphatic carbocycles. The molecule has 0 aromatic heterocycles. The van der Waals surface area contributed by atoms with Crippen LogP contribution in [-0.2, 0) is 10.2 Å². The van der Waals surface area contributed by atoms with Crippen molar-refractivity contribution in [2.45, 2.75) is 51.5 Å². The van der Waals surface area contributed by atoms with Gasteiger partial charge in [0, 0.05) is 35.7 Å². The van der Waals surface area contributed by atoms with Gasteiger partial charge in [-0.15, -0.1) is 0 Å². The van der Waals surface area contributed by atoms with E-state index in [4.69, 9.17) is 21.3 Å². The quantitative estimate of drug-likeness (QED) is 0.641. The Bertz CT molecular complexity index is 560. The fourth-order valence-electron chi connectivity index (χ4n) is 3.06. The highest BCUT2D eigenvalue weighted by Crippen LogP contribution is 2.38. The molecule has 4 nitrogen and oxygen atoms in total. The number of ether oxygens (including phenoxy) is 1. The minimum absolute atomic E-state index is 0.0335. The Kier molecular flexibility index (Phi) is 6.53. The maximum atomic E-state index is 6.51. The summed E-state index contributed by atoms with van der Waals surface area (Å²) in [4.78, 5) is 4.89. The smallest absolute Gasteiger partial charge is 0.191 e. The zero-order valence-corrected chi connectivity index (χ0v) is 16.0. The molecule has 1 aromatic carbocycles. The van der Waals surface area contributed by atoms with Gasteiger partial charge >= 0.3 is 0 Å². The Balaban J connectivity index is 2.28. The van der Waals surface area contributed by atoms with E-state index in [1.165, 1.54) is 5.56 Å². The molecule has 134 valence electrons. The van der Waals surface area contributed by atoms with Gasteiger partial charge in [-0.3, -0.25) is 4.99 Å². The molecule has 1 saturated heterocycles. The summed E-state index contributed by atoms with van der Waals surface area (Å²) in [6.07, 6.45) is 1.88. The maximum Gasteiger partial charge on any atom is 0.191 e. The van der Waals surface area contributed by atoms with Crippen LogP contribution in [0.5, 0.6) is 0 Å². The molecule has 0 radical (unpaired) electrons. The molecule has 1 aliphatic heterocycles. The minimum atomic E-state index is -0.0587. The molecule has 0 amide bonds. The Morgan fingerprint density at radius 3 is 2.50 bits per heavy atom. The van der Waals surface area contributed by atoms with Crippen LogP contribution in [0.2, 0.25) is 5.02 Å². The highest BCUT2D eigenvalue weighted by molar-refractivity contribution is 6.31. The van der Waals surface area contributed by atoms with Crippen LogP contribution in [0.4, 0.5) is 0 Å². The van der Waals surface area contributed by atoms with Gasteiger partial charge in [-0.05, 0) is 52.2 Å². The van der Waals surface area contributed by atoms with Gasteiger partial charge in [0.25, 0.3) is 0 Å².